The Morgan fingerprint density at radius 3 is 2.62 bits per heavy atom. The van der Waals surface area contributed by atoms with Gasteiger partial charge in [-0.3, -0.25) is 0 Å². The highest BCUT2D eigenvalue weighted by Gasteiger charge is 2.34. The Bertz CT molecular complexity index is 451. The lowest BCUT2D eigenvalue weighted by Gasteiger charge is -2.41. The van der Waals surface area contributed by atoms with E-state index in [2.05, 4.69) is 33.0 Å². The van der Waals surface area contributed by atoms with E-state index in [0.29, 0.717) is 23.3 Å². The first-order valence-electron chi connectivity index (χ1n) is 8.34. The molecule has 1 fully saturated rings. The Morgan fingerprint density at radius 2 is 1.95 bits per heavy atom. The molecular weight excluding hydrogens is 261 g/mol. The third-order valence-electron chi connectivity index (χ3n) is 4.90. The van der Waals surface area contributed by atoms with E-state index < -0.39 is 0 Å². The Kier molecular flexibility index (Phi) is 5.43. The number of hydrogen-bond acceptors (Lipinski definition) is 1. The third kappa shape index (κ3) is 4.81. The van der Waals surface area contributed by atoms with E-state index in [1.165, 1.54) is 19.3 Å². The molecule has 0 saturated heterocycles. The van der Waals surface area contributed by atoms with Gasteiger partial charge < -0.3 is 5.32 Å². The Morgan fingerprint density at radius 1 is 1.24 bits per heavy atom. The fourth-order valence-electron chi connectivity index (χ4n) is 3.63. The first-order valence-corrected chi connectivity index (χ1v) is 8.34. The van der Waals surface area contributed by atoms with Crippen LogP contribution in [0.4, 0.5) is 4.39 Å². The molecule has 2 rings (SSSR count). The second-order valence-electron chi connectivity index (χ2n) is 7.79. The largest absolute Gasteiger partial charge is 0.314 e. The molecule has 2 unspecified atom stereocenters. The van der Waals surface area contributed by atoms with Crippen molar-refractivity contribution in [3.05, 3.63) is 35.6 Å². The van der Waals surface area contributed by atoms with E-state index in [0.717, 1.165) is 18.5 Å². The number of rotatable bonds is 5. The first-order chi connectivity index (χ1) is 9.87. The summed E-state index contributed by atoms with van der Waals surface area (Å²) in [5, 5.41) is 3.58. The highest BCUT2D eigenvalue weighted by molar-refractivity contribution is 5.18. The van der Waals surface area contributed by atoms with Gasteiger partial charge in [0.15, 0.2) is 0 Å². The lowest BCUT2D eigenvalue weighted by Crippen LogP contribution is -2.38. The zero-order chi connectivity index (χ0) is 15.5. The smallest absolute Gasteiger partial charge is 0.126 e. The second-order valence-corrected chi connectivity index (χ2v) is 7.79. The van der Waals surface area contributed by atoms with Crippen LogP contribution in [0.15, 0.2) is 24.3 Å². The molecule has 0 aromatic heterocycles. The highest BCUT2D eigenvalue weighted by atomic mass is 19.1. The summed E-state index contributed by atoms with van der Waals surface area (Å²) in [6, 6.07) is 7.79. The molecule has 0 spiro atoms. The maximum atomic E-state index is 14.0. The van der Waals surface area contributed by atoms with Gasteiger partial charge in [-0.05, 0) is 61.1 Å². The van der Waals surface area contributed by atoms with Crippen molar-refractivity contribution in [3.8, 4) is 0 Å². The average molecular weight is 291 g/mol. The number of hydrogen-bond donors (Lipinski definition) is 1. The summed E-state index contributed by atoms with van der Waals surface area (Å²) in [7, 11) is 0. The van der Waals surface area contributed by atoms with Gasteiger partial charge in [-0.15, -0.1) is 0 Å². The summed E-state index contributed by atoms with van der Waals surface area (Å²) in [6.45, 7) is 10.2. The number of benzene rings is 1. The van der Waals surface area contributed by atoms with E-state index in [4.69, 9.17) is 0 Å². The normalized spacial score (nSPS) is 25.2. The number of nitrogens with one attached hydrogen (secondary N) is 1. The van der Waals surface area contributed by atoms with Crippen LogP contribution in [-0.2, 0) is 6.42 Å². The zero-order valence-corrected chi connectivity index (χ0v) is 14.0. The third-order valence-corrected chi connectivity index (χ3v) is 4.90. The van der Waals surface area contributed by atoms with Crippen molar-refractivity contribution in [1.82, 2.24) is 5.32 Å². The van der Waals surface area contributed by atoms with Gasteiger partial charge in [0, 0.05) is 6.04 Å². The standard InChI is InChI=1S/C19H30FN/c1-14(2)21-13-16-9-10-19(3,4)12-17(16)11-15-7-5-6-8-18(15)20/h5-8,14,16-17,21H,9-13H2,1-4H3. The SMILES string of the molecule is CC(C)NCC1CCC(C)(C)CC1Cc1ccccc1F. The van der Waals surface area contributed by atoms with Crippen LogP contribution in [0.2, 0.25) is 0 Å². The molecule has 1 aliphatic rings. The van der Waals surface area contributed by atoms with Crippen molar-refractivity contribution in [2.75, 3.05) is 6.54 Å². The molecular formula is C19H30FN. The van der Waals surface area contributed by atoms with Crippen LogP contribution in [0.3, 0.4) is 0 Å². The quantitative estimate of drug-likeness (QED) is 0.821. The van der Waals surface area contributed by atoms with Crippen LogP contribution < -0.4 is 5.32 Å². The molecule has 0 heterocycles. The Balaban J connectivity index is 2.08. The Labute approximate surface area is 129 Å². The fraction of sp³-hybridized carbons (Fsp3) is 0.684. The second kappa shape index (κ2) is 6.91. The summed E-state index contributed by atoms with van der Waals surface area (Å²) in [5.74, 6) is 1.20. The van der Waals surface area contributed by atoms with E-state index in [-0.39, 0.29) is 5.82 Å². The highest BCUT2D eigenvalue weighted by Crippen LogP contribution is 2.43. The van der Waals surface area contributed by atoms with Gasteiger partial charge in [0.1, 0.15) is 5.82 Å². The van der Waals surface area contributed by atoms with Gasteiger partial charge in [0.2, 0.25) is 0 Å². The van der Waals surface area contributed by atoms with Crippen molar-refractivity contribution in [1.29, 1.82) is 0 Å². The van der Waals surface area contributed by atoms with Crippen LogP contribution in [0, 0.1) is 23.1 Å². The van der Waals surface area contributed by atoms with Gasteiger partial charge in [-0.2, -0.15) is 0 Å². The van der Waals surface area contributed by atoms with Crippen molar-refractivity contribution in [3.63, 3.8) is 0 Å². The summed E-state index contributed by atoms with van der Waals surface area (Å²) in [6.07, 6.45) is 4.61. The van der Waals surface area contributed by atoms with Crippen LogP contribution >= 0.6 is 0 Å². The van der Waals surface area contributed by atoms with E-state index in [1.807, 2.05) is 12.1 Å². The molecule has 0 aliphatic heterocycles. The van der Waals surface area contributed by atoms with Crippen LogP contribution in [-0.4, -0.2) is 12.6 Å². The maximum absolute atomic E-state index is 14.0. The molecule has 2 atom stereocenters. The van der Waals surface area contributed by atoms with Crippen LogP contribution in [0.1, 0.15) is 52.5 Å². The molecule has 1 aliphatic carbocycles. The van der Waals surface area contributed by atoms with E-state index >= 15 is 0 Å². The fourth-order valence-corrected chi connectivity index (χ4v) is 3.63. The minimum absolute atomic E-state index is 0.0450. The van der Waals surface area contributed by atoms with Crippen molar-refractivity contribution in [2.45, 2.75) is 59.4 Å². The Hall–Kier alpha value is -0.890. The van der Waals surface area contributed by atoms with Gasteiger partial charge in [0.25, 0.3) is 0 Å². The molecule has 118 valence electrons. The van der Waals surface area contributed by atoms with Gasteiger partial charge in [-0.25, -0.2) is 4.39 Å². The van der Waals surface area contributed by atoms with Crippen molar-refractivity contribution in [2.24, 2.45) is 17.3 Å². The zero-order valence-electron chi connectivity index (χ0n) is 14.0. The van der Waals surface area contributed by atoms with Gasteiger partial charge in [-0.1, -0.05) is 45.9 Å². The maximum Gasteiger partial charge on any atom is 0.126 e. The first kappa shape index (κ1) is 16.5. The summed E-state index contributed by atoms with van der Waals surface area (Å²) in [5.41, 5.74) is 1.28. The monoisotopic (exact) mass is 291 g/mol. The molecule has 1 aromatic rings. The average Bonchev–Trinajstić information content (AvgIpc) is 2.39. The molecule has 21 heavy (non-hydrogen) atoms. The molecule has 2 heteroatoms. The summed E-state index contributed by atoms with van der Waals surface area (Å²) >= 11 is 0. The number of halogens is 1. The van der Waals surface area contributed by atoms with Gasteiger partial charge >= 0.3 is 0 Å². The van der Waals surface area contributed by atoms with E-state index in [9.17, 15) is 4.39 Å². The minimum Gasteiger partial charge on any atom is -0.314 e. The lowest BCUT2D eigenvalue weighted by atomic mass is 9.65. The predicted octanol–water partition coefficient (Wildman–Crippen LogP) is 4.81. The minimum atomic E-state index is -0.0450. The van der Waals surface area contributed by atoms with Crippen molar-refractivity contribution < 1.29 is 4.39 Å². The molecule has 1 aromatic carbocycles. The summed E-state index contributed by atoms with van der Waals surface area (Å²) < 4.78 is 14.0. The molecule has 1 nitrogen and oxygen atoms in total. The predicted molar refractivity (Wildman–Crippen MR) is 87.9 cm³/mol. The van der Waals surface area contributed by atoms with Crippen LogP contribution in [0.5, 0.6) is 0 Å². The lowest BCUT2D eigenvalue weighted by molar-refractivity contribution is 0.114. The van der Waals surface area contributed by atoms with E-state index in [1.54, 1.807) is 12.1 Å². The molecule has 1 saturated carbocycles. The summed E-state index contributed by atoms with van der Waals surface area (Å²) in [4.78, 5) is 0. The van der Waals surface area contributed by atoms with Crippen molar-refractivity contribution >= 4 is 0 Å². The van der Waals surface area contributed by atoms with Crippen LogP contribution in [0.25, 0.3) is 0 Å². The molecule has 1 N–H and O–H groups in total. The molecule has 0 amide bonds. The van der Waals surface area contributed by atoms with Gasteiger partial charge in [0.05, 0.1) is 0 Å². The molecule has 0 bridgehead atoms. The topological polar surface area (TPSA) is 12.0 Å². The molecule has 0 radical (unpaired) electrons.